The molecule has 4 rings (SSSR count). The summed E-state index contributed by atoms with van der Waals surface area (Å²) in [6.07, 6.45) is 8.53. The van der Waals surface area contributed by atoms with Gasteiger partial charge in [-0.3, -0.25) is 4.79 Å². The summed E-state index contributed by atoms with van der Waals surface area (Å²) in [5.74, 6) is 1.96. The first-order chi connectivity index (χ1) is 10.6. The number of aryl methyl sites for hydroxylation is 1. The van der Waals surface area contributed by atoms with Gasteiger partial charge in [0.1, 0.15) is 5.82 Å². The van der Waals surface area contributed by atoms with E-state index in [9.17, 15) is 4.79 Å². The molecule has 0 bridgehead atoms. The lowest BCUT2D eigenvalue weighted by atomic mass is 9.88. The second-order valence-corrected chi connectivity index (χ2v) is 8.36. The minimum absolute atomic E-state index is 0.0710. The molecule has 2 aliphatic heterocycles. The fourth-order valence-electron chi connectivity index (χ4n) is 3.56. The Hall–Kier alpha value is -1.14. The van der Waals surface area contributed by atoms with Crippen molar-refractivity contribution in [3.63, 3.8) is 0 Å². The van der Waals surface area contributed by atoms with Gasteiger partial charge in [0.25, 0.3) is 5.91 Å². The van der Waals surface area contributed by atoms with Crippen molar-refractivity contribution in [3.8, 4) is 0 Å². The second kappa shape index (κ2) is 5.49. The van der Waals surface area contributed by atoms with Crippen molar-refractivity contribution in [1.82, 2.24) is 20.2 Å². The molecule has 1 atom stereocenters. The first kappa shape index (κ1) is 14.5. The van der Waals surface area contributed by atoms with Gasteiger partial charge in [0.15, 0.2) is 0 Å². The average Bonchev–Trinajstić information content (AvgIpc) is 2.86. The average molecular weight is 318 g/mol. The molecule has 1 aromatic rings. The molecule has 0 radical (unpaired) electrons. The van der Waals surface area contributed by atoms with E-state index in [0.29, 0.717) is 22.2 Å². The summed E-state index contributed by atoms with van der Waals surface area (Å²) in [7, 11) is 0. The maximum Gasteiger partial charge on any atom is 0.257 e. The monoisotopic (exact) mass is 318 g/mol. The standard InChI is InChI=1S/C16H22N4OS/c1-11-17-6-12(7-18-11)15(21)20-9-16(10-20)5-14(8-22-16)19-13-3-2-4-13/h6-7,13-14,19H,2-5,8-10H2,1H3. The number of likely N-dealkylation sites (tertiary alicyclic amines) is 1. The molecular formula is C16H22N4OS. The molecule has 1 N–H and O–H groups in total. The second-order valence-electron chi connectivity index (χ2n) is 6.87. The van der Waals surface area contributed by atoms with E-state index in [1.807, 2.05) is 23.6 Å². The fraction of sp³-hybridized carbons (Fsp3) is 0.688. The quantitative estimate of drug-likeness (QED) is 0.918. The lowest BCUT2D eigenvalue weighted by molar-refractivity contribution is 0.0548. The molecule has 2 saturated heterocycles. The Balaban J connectivity index is 1.31. The number of amides is 1. The summed E-state index contributed by atoms with van der Waals surface area (Å²) in [5.41, 5.74) is 0.604. The minimum atomic E-state index is 0.0710. The van der Waals surface area contributed by atoms with Crippen molar-refractivity contribution in [2.45, 2.75) is 49.4 Å². The molecule has 1 amide bonds. The maximum atomic E-state index is 12.4. The van der Waals surface area contributed by atoms with Crippen molar-refractivity contribution in [2.75, 3.05) is 18.8 Å². The van der Waals surface area contributed by atoms with Gasteiger partial charge in [0.2, 0.25) is 0 Å². The van der Waals surface area contributed by atoms with E-state index in [1.165, 1.54) is 31.4 Å². The van der Waals surface area contributed by atoms with Gasteiger partial charge in [-0.2, -0.15) is 0 Å². The predicted molar refractivity (Wildman–Crippen MR) is 87.0 cm³/mol. The van der Waals surface area contributed by atoms with Crippen LogP contribution in [0.25, 0.3) is 0 Å². The van der Waals surface area contributed by atoms with Crippen LogP contribution in [-0.4, -0.2) is 56.4 Å². The van der Waals surface area contributed by atoms with Crippen LogP contribution in [0.1, 0.15) is 41.9 Å². The van der Waals surface area contributed by atoms with E-state index >= 15 is 0 Å². The Labute approximate surface area is 135 Å². The molecule has 0 aromatic carbocycles. The normalized spacial score (nSPS) is 26.8. The van der Waals surface area contributed by atoms with E-state index in [2.05, 4.69) is 15.3 Å². The Kier molecular flexibility index (Phi) is 3.61. The summed E-state index contributed by atoms with van der Waals surface area (Å²) < 4.78 is 0.294. The molecule has 3 fully saturated rings. The number of carbonyl (C=O) groups excluding carboxylic acids is 1. The molecule has 6 heteroatoms. The van der Waals surface area contributed by atoms with Gasteiger partial charge in [-0.25, -0.2) is 9.97 Å². The number of rotatable bonds is 3. The highest BCUT2D eigenvalue weighted by Gasteiger charge is 2.50. The lowest BCUT2D eigenvalue weighted by Crippen LogP contribution is -2.61. The fourth-order valence-corrected chi connectivity index (χ4v) is 5.14. The third-order valence-corrected chi connectivity index (χ3v) is 6.67. The van der Waals surface area contributed by atoms with E-state index < -0.39 is 0 Å². The van der Waals surface area contributed by atoms with Crippen LogP contribution in [0.15, 0.2) is 12.4 Å². The highest BCUT2D eigenvalue weighted by Crippen LogP contribution is 2.45. The van der Waals surface area contributed by atoms with Gasteiger partial charge < -0.3 is 10.2 Å². The third kappa shape index (κ3) is 2.63. The molecule has 22 heavy (non-hydrogen) atoms. The van der Waals surface area contributed by atoms with E-state index in [-0.39, 0.29) is 5.91 Å². The van der Waals surface area contributed by atoms with E-state index in [1.54, 1.807) is 12.4 Å². The smallest absolute Gasteiger partial charge is 0.257 e. The highest BCUT2D eigenvalue weighted by atomic mass is 32.2. The van der Waals surface area contributed by atoms with Crippen molar-refractivity contribution >= 4 is 17.7 Å². The van der Waals surface area contributed by atoms with Crippen molar-refractivity contribution in [1.29, 1.82) is 0 Å². The zero-order chi connectivity index (χ0) is 15.2. The van der Waals surface area contributed by atoms with Crippen molar-refractivity contribution in [2.24, 2.45) is 0 Å². The summed E-state index contributed by atoms with van der Waals surface area (Å²) in [6.45, 7) is 3.57. The first-order valence-corrected chi connectivity index (χ1v) is 9.10. The van der Waals surface area contributed by atoms with Gasteiger partial charge in [-0.1, -0.05) is 6.42 Å². The summed E-state index contributed by atoms with van der Waals surface area (Å²) in [4.78, 5) is 22.6. The number of thioether (sulfide) groups is 1. The van der Waals surface area contributed by atoms with Crippen molar-refractivity contribution < 1.29 is 4.79 Å². The van der Waals surface area contributed by atoms with E-state index in [0.717, 1.165) is 19.1 Å². The molecule has 1 unspecified atom stereocenters. The maximum absolute atomic E-state index is 12.4. The number of aromatic nitrogens is 2. The van der Waals surface area contributed by atoms with E-state index in [4.69, 9.17) is 0 Å². The molecule has 5 nitrogen and oxygen atoms in total. The Bertz CT molecular complexity index is 566. The number of hydrogen-bond acceptors (Lipinski definition) is 5. The van der Waals surface area contributed by atoms with Crippen LogP contribution >= 0.6 is 11.8 Å². The van der Waals surface area contributed by atoms with Crippen LogP contribution in [-0.2, 0) is 0 Å². The summed E-state index contributed by atoms with van der Waals surface area (Å²) in [6, 6.07) is 1.39. The zero-order valence-corrected chi connectivity index (χ0v) is 13.7. The van der Waals surface area contributed by atoms with Crippen LogP contribution in [0.3, 0.4) is 0 Å². The topological polar surface area (TPSA) is 58.1 Å². The Morgan fingerprint density at radius 2 is 2.05 bits per heavy atom. The van der Waals surface area contributed by atoms with Gasteiger partial charge >= 0.3 is 0 Å². The van der Waals surface area contributed by atoms with Crippen molar-refractivity contribution in [3.05, 3.63) is 23.8 Å². The molecule has 1 aromatic heterocycles. The van der Waals surface area contributed by atoms with Gasteiger partial charge in [0, 0.05) is 43.3 Å². The number of nitrogens with zero attached hydrogens (tertiary/aromatic N) is 3. The summed E-state index contributed by atoms with van der Waals surface area (Å²) in [5, 5.41) is 3.78. The molecule has 1 spiro atoms. The molecule has 1 aliphatic carbocycles. The lowest BCUT2D eigenvalue weighted by Gasteiger charge is -2.47. The molecular weight excluding hydrogens is 296 g/mol. The number of carbonyl (C=O) groups is 1. The molecule has 118 valence electrons. The van der Waals surface area contributed by atoms with Crippen LogP contribution in [0.4, 0.5) is 0 Å². The Morgan fingerprint density at radius 1 is 1.32 bits per heavy atom. The molecule has 3 aliphatic rings. The van der Waals surface area contributed by atoms with Crippen LogP contribution in [0, 0.1) is 6.92 Å². The van der Waals surface area contributed by atoms with Gasteiger partial charge in [-0.05, 0) is 26.2 Å². The van der Waals surface area contributed by atoms with Gasteiger partial charge in [-0.15, -0.1) is 11.8 Å². The van der Waals surface area contributed by atoms with Crippen LogP contribution < -0.4 is 5.32 Å². The first-order valence-electron chi connectivity index (χ1n) is 8.11. The summed E-state index contributed by atoms with van der Waals surface area (Å²) >= 11 is 2.05. The largest absolute Gasteiger partial charge is 0.336 e. The number of hydrogen-bond donors (Lipinski definition) is 1. The van der Waals surface area contributed by atoms with Crippen LogP contribution in [0.5, 0.6) is 0 Å². The molecule has 3 heterocycles. The van der Waals surface area contributed by atoms with Crippen LogP contribution in [0.2, 0.25) is 0 Å². The zero-order valence-electron chi connectivity index (χ0n) is 12.9. The molecule has 1 saturated carbocycles. The minimum Gasteiger partial charge on any atom is -0.336 e. The highest BCUT2D eigenvalue weighted by molar-refractivity contribution is 8.01. The SMILES string of the molecule is Cc1ncc(C(=O)N2CC3(CC(NC4CCC4)CS3)C2)cn1. The Morgan fingerprint density at radius 3 is 2.68 bits per heavy atom. The third-order valence-electron chi connectivity index (χ3n) is 5.06. The van der Waals surface area contributed by atoms with Gasteiger partial charge in [0.05, 0.1) is 10.3 Å². The number of nitrogens with one attached hydrogen (secondary N) is 1. The predicted octanol–water partition coefficient (Wildman–Crippen LogP) is 1.63.